The molecule has 0 radical (unpaired) electrons. The largest absolute Gasteiger partial charge is 0.478 e. The second kappa shape index (κ2) is 3.78. The van der Waals surface area contributed by atoms with Crippen LogP contribution in [-0.2, 0) is 9.59 Å². The number of nitro groups is 1. The Hall–Kier alpha value is -2.57. The van der Waals surface area contributed by atoms with Gasteiger partial charge in [-0.05, 0) is 6.08 Å². The Labute approximate surface area is 94.6 Å². The molecule has 1 heterocycles. The Balaban J connectivity index is 2.47. The fourth-order valence-corrected chi connectivity index (χ4v) is 1.64. The molecular formula is C10H6N2O5. The Morgan fingerprint density at radius 1 is 1.47 bits per heavy atom. The lowest BCUT2D eigenvalue weighted by atomic mass is 9.87. The highest BCUT2D eigenvalue weighted by atomic mass is 16.6. The van der Waals surface area contributed by atoms with Crippen LogP contribution in [0, 0.1) is 16.0 Å². The molecule has 0 aromatic rings. The van der Waals surface area contributed by atoms with Crippen molar-refractivity contribution in [2.45, 2.75) is 0 Å². The number of nitrogens with zero attached hydrogens (tertiary/aromatic N) is 2. The number of aliphatic imine (C=N–C) groups is 1. The van der Waals surface area contributed by atoms with Crippen molar-refractivity contribution in [2.75, 3.05) is 0 Å². The van der Waals surface area contributed by atoms with Crippen molar-refractivity contribution >= 4 is 17.6 Å². The molecule has 2 rings (SSSR count). The average Bonchev–Trinajstić information content (AvgIpc) is 2.26. The van der Waals surface area contributed by atoms with Crippen LogP contribution >= 0.6 is 0 Å². The molecule has 0 aromatic heterocycles. The minimum Gasteiger partial charge on any atom is -0.478 e. The van der Waals surface area contributed by atoms with Gasteiger partial charge in [0.1, 0.15) is 0 Å². The quantitative estimate of drug-likeness (QED) is 0.546. The van der Waals surface area contributed by atoms with Gasteiger partial charge in [0.15, 0.2) is 0 Å². The predicted molar refractivity (Wildman–Crippen MR) is 55.9 cm³/mol. The highest BCUT2D eigenvalue weighted by molar-refractivity contribution is 6.17. The normalized spacial score (nSPS) is 22.2. The molecule has 1 atom stereocenters. The smallest absolute Gasteiger partial charge is 0.332 e. The number of aliphatic carboxylic acids is 1. The summed E-state index contributed by atoms with van der Waals surface area (Å²) < 4.78 is 0. The number of amides is 1. The van der Waals surface area contributed by atoms with Crippen molar-refractivity contribution in [1.29, 1.82) is 0 Å². The van der Waals surface area contributed by atoms with Gasteiger partial charge in [0.2, 0.25) is 0 Å². The number of hydrogen-bond donors (Lipinski definition) is 1. The molecule has 7 nitrogen and oxygen atoms in total. The van der Waals surface area contributed by atoms with Gasteiger partial charge in [-0.2, -0.15) is 0 Å². The molecule has 0 fully saturated rings. The molecule has 0 saturated carbocycles. The van der Waals surface area contributed by atoms with Crippen molar-refractivity contribution in [3.63, 3.8) is 0 Å². The highest BCUT2D eigenvalue weighted by Gasteiger charge is 2.32. The van der Waals surface area contributed by atoms with E-state index in [1.807, 2.05) is 0 Å². The summed E-state index contributed by atoms with van der Waals surface area (Å²) in [7, 11) is 0. The van der Waals surface area contributed by atoms with E-state index in [0.717, 1.165) is 6.08 Å². The lowest BCUT2D eigenvalue weighted by molar-refractivity contribution is -0.419. The number of carbonyl (C=O) groups excluding carboxylic acids is 1. The van der Waals surface area contributed by atoms with Gasteiger partial charge in [-0.3, -0.25) is 14.9 Å². The standard InChI is InChI=1S/C10H6N2O5/c13-9-4-7(10(14)15)6-3-5(12(16)17)1-2-8(6)11-9/h1-4,6H,(H,14,15). The van der Waals surface area contributed by atoms with Crippen molar-refractivity contribution in [1.82, 2.24) is 0 Å². The zero-order valence-electron chi connectivity index (χ0n) is 8.36. The Morgan fingerprint density at radius 2 is 2.18 bits per heavy atom. The first-order chi connectivity index (χ1) is 7.99. The number of fused-ring (bicyclic) bond motifs is 1. The molecule has 1 N–H and O–H groups in total. The molecule has 1 amide bonds. The van der Waals surface area contributed by atoms with Gasteiger partial charge in [-0.15, -0.1) is 0 Å². The third-order valence-corrected chi connectivity index (χ3v) is 2.39. The van der Waals surface area contributed by atoms with Crippen LogP contribution in [0.15, 0.2) is 40.6 Å². The van der Waals surface area contributed by atoms with Crippen LogP contribution in [0.3, 0.4) is 0 Å². The van der Waals surface area contributed by atoms with Gasteiger partial charge < -0.3 is 5.11 Å². The second-order valence-electron chi connectivity index (χ2n) is 3.44. The summed E-state index contributed by atoms with van der Waals surface area (Å²) in [5, 5.41) is 19.5. The van der Waals surface area contributed by atoms with E-state index in [2.05, 4.69) is 4.99 Å². The van der Waals surface area contributed by atoms with Crippen LogP contribution in [0.1, 0.15) is 0 Å². The van der Waals surface area contributed by atoms with Gasteiger partial charge in [-0.25, -0.2) is 9.79 Å². The SMILES string of the molecule is O=C1C=C(C(=O)O)C2C=C([N+](=O)[O-])C=CC2=N1. The second-order valence-corrected chi connectivity index (χ2v) is 3.44. The Morgan fingerprint density at radius 3 is 2.76 bits per heavy atom. The topological polar surface area (TPSA) is 110 Å². The molecule has 17 heavy (non-hydrogen) atoms. The number of carboxylic acids is 1. The molecule has 7 heteroatoms. The van der Waals surface area contributed by atoms with Crippen molar-refractivity contribution < 1.29 is 19.6 Å². The maximum Gasteiger partial charge on any atom is 0.332 e. The molecule has 1 unspecified atom stereocenters. The fourth-order valence-electron chi connectivity index (χ4n) is 1.64. The third-order valence-electron chi connectivity index (χ3n) is 2.39. The number of carboxylic acid groups (broad SMARTS) is 1. The average molecular weight is 234 g/mol. The third kappa shape index (κ3) is 1.89. The van der Waals surface area contributed by atoms with E-state index >= 15 is 0 Å². The van der Waals surface area contributed by atoms with E-state index < -0.39 is 22.7 Å². The molecule has 0 spiro atoms. The number of carbonyl (C=O) groups is 2. The maximum atomic E-state index is 11.1. The first-order valence-corrected chi connectivity index (χ1v) is 4.61. The maximum absolute atomic E-state index is 11.1. The summed E-state index contributed by atoms with van der Waals surface area (Å²) >= 11 is 0. The summed E-state index contributed by atoms with van der Waals surface area (Å²) in [5.41, 5.74) is -0.209. The fraction of sp³-hybridized carbons (Fsp3) is 0.100. The van der Waals surface area contributed by atoms with Crippen LogP contribution < -0.4 is 0 Å². The number of hydrogen-bond acceptors (Lipinski definition) is 4. The summed E-state index contributed by atoms with van der Waals surface area (Å²) in [6.45, 7) is 0. The lowest BCUT2D eigenvalue weighted by Crippen LogP contribution is -2.26. The van der Waals surface area contributed by atoms with Gasteiger partial charge in [-0.1, -0.05) is 0 Å². The van der Waals surface area contributed by atoms with Crippen LogP contribution in [-0.4, -0.2) is 27.6 Å². The number of dihydropyridines is 1. The van der Waals surface area contributed by atoms with E-state index in [9.17, 15) is 19.7 Å². The minimum atomic E-state index is -1.29. The van der Waals surface area contributed by atoms with Crippen LogP contribution in [0.5, 0.6) is 0 Å². The molecule has 2 aliphatic rings. The molecule has 0 aromatic carbocycles. The van der Waals surface area contributed by atoms with E-state index in [-0.39, 0.29) is 17.0 Å². The van der Waals surface area contributed by atoms with Gasteiger partial charge in [0.25, 0.3) is 11.6 Å². The van der Waals surface area contributed by atoms with Gasteiger partial charge in [0, 0.05) is 18.2 Å². The summed E-state index contributed by atoms with van der Waals surface area (Å²) in [6.07, 6.45) is 4.53. The monoisotopic (exact) mass is 234 g/mol. The molecule has 1 aliphatic heterocycles. The van der Waals surface area contributed by atoms with E-state index in [1.165, 1.54) is 18.2 Å². The summed E-state index contributed by atoms with van der Waals surface area (Å²) in [6, 6.07) is 0. The molecule has 86 valence electrons. The Kier molecular flexibility index (Phi) is 2.43. The lowest BCUT2D eigenvalue weighted by Gasteiger charge is -2.19. The zero-order chi connectivity index (χ0) is 12.6. The van der Waals surface area contributed by atoms with Crippen LogP contribution in [0.2, 0.25) is 0 Å². The number of rotatable bonds is 2. The van der Waals surface area contributed by atoms with E-state index in [1.54, 1.807) is 0 Å². The Bertz CT molecular complexity index is 553. The summed E-state index contributed by atoms with van der Waals surface area (Å²) in [4.78, 5) is 35.6. The van der Waals surface area contributed by atoms with Crippen molar-refractivity contribution in [2.24, 2.45) is 10.9 Å². The first kappa shape index (κ1) is 10.9. The molecular weight excluding hydrogens is 228 g/mol. The van der Waals surface area contributed by atoms with E-state index in [4.69, 9.17) is 5.11 Å². The predicted octanol–water partition coefficient (Wildman–Crippen LogP) is 0.325. The van der Waals surface area contributed by atoms with Crippen molar-refractivity contribution in [3.8, 4) is 0 Å². The van der Waals surface area contributed by atoms with Gasteiger partial charge in [0.05, 0.1) is 22.1 Å². The summed E-state index contributed by atoms with van der Waals surface area (Å²) in [5.74, 6) is -2.79. The van der Waals surface area contributed by atoms with Gasteiger partial charge >= 0.3 is 5.97 Å². The first-order valence-electron chi connectivity index (χ1n) is 4.61. The molecule has 0 bridgehead atoms. The highest BCUT2D eigenvalue weighted by Crippen LogP contribution is 2.25. The van der Waals surface area contributed by atoms with Crippen LogP contribution in [0.4, 0.5) is 0 Å². The number of allylic oxidation sites excluding steroid dienone is 3. The zero-order valence-corrected chi connectivity index (χ0v) is 8.36. The molecule has 0 saturated heterocycles. The van der Waals surface area contributed by atoms with Crippen molar-refractivity contribution in [3.05, 3.63) is 45.7 Å². The minimum absolute atomic E-state index is 0.205. The molecule has 1 aliphatic carbocycles. The van der Waals surface area contributed by atoms with Crippen LogP contribution in [0.25, 0.3) is 0 Å². The van der Waals surface area contributed by atoms with E-state index in [0.29, 0.717) is 0 Å².